The molecule has 0 aliphatic carbocycles. The quantitative estimate of drug-likeness (QED) is 0.571. The molecule has 2 aromatic carbocycles. The van der Waals surface area contributed by atoms with Gasteiger partial charge in [0.1, 0.15) is 0 Å². The summed E-state index contributed by atoms with van der Waals surface area (Å²) < 4.78 is 0. The van der Waals surface area contributed by atoms with E-state index in [0.717, 1.165) is 10.8 Å². The van der Waals surface area contributed by atoms with Crippen molar-refractivity contribution < 1.29 is 19.8 Å². The molecule has 0 unspecified atom stereocenters. The van der Waals surface area contributed by atoms with Crippen molar-refractivity contribution in [3.05, 3.63) is 84.4 Å². The van der Waals surface area contributed by atoms with Crippen LogP contribution in [0.15, 0.2) is 73.1 Å². The number of fused-ring (bicyclic) bond motifs is 2. The van der Waals surface area contributed by atoms with E-state index in [2.05, 4.69) is 9.97 Å². The summed E-state index contributed by atoms with van der Waals surface area (Å²) in [6, 6.07) is 18.2. The van der Waals surface area contributed by atoms with Crippen LogP contribution in [0.4, 0.5) is 0 Å². The molecule has 0 atom stereocenters. The molecule has 2 N–H and O–H groups in total. The van der Waals surface area contributed by atoms with Crippen molar-refractivity contribution in [2.75, 3.05) is 0 Å². The van der Waals surface area contributed by atoms with E-state index < -0.39 is 11.9 Å². The Bertz CT molecular complexity index is 1010. The number of nitrogens with zero attached hydrogens (tertiary/aromatic N) is 2. The molecule has 4 rings (SSSR count). The minimum Gasteiger partial charge on any atom is -0.476 e. The third-order valence-electron chi connectivity index (χ3n) is 3.75. The highest BCUT2D eigenvalue weighted by Gasteiger charge is 2.08. The number of hydrogen-bond donors (Lipinski definition) is 2. The summed E-state index contributed by atoms with van der Waals surface area (Å²) in [6.07, 6.45) is 3.01. The molecule has 0 spiro atoms. The first-order valence-corrected chi connectivity index (χ1v) is 7.72. The van der Waals surface area contributed by atoms with Gasteiger partial charge in [0.25, 0.3) is 0 Å². The second kappa shape index (κ2) is 7.40. The first-order valence-electron chi connectivity index (χ1n) is 7.72. The van der Waals surface area contributed by atoms with Crippen LogP contribution in [0.25, 0.3) is 21.5 Å². The second-order valence-corrected chi connectivity index (χ2v) is 5.37. The molecule has 0 radical (unpaired) electrons. The summed E-state index contributed by atoms with van der Waals surface area (Å²) >= 11 is 0. The molecule has 128 valence electrons. The molecule has 0 amide bonds. The van der Waals surface area contributed by atoms with Gasteiger partial charge in [-0.2, -0.15) is 0 Å². The predicted molar refractivity (Wildman–Crippen MR) is 97.4 cm³/mol. The zero-order valence-electron chi connectivity index (χ0n) is 13.5. The van der Waals surface area contributed by atoms with Crippen molar-refractivity contribution in [3.8, 4) is 0 Å². The molecule has 4 aromatic rings. The summed E-state index contributed by atoms with van der Waals surface area (Å²) in [5.74, 6) is -1.98. The number of rotatable bonds is 2. The van der Waals surface area contributed by atoms with Crippen molar-refractivity contribution in [1.82, 2.24) is 9.97 Å². The third-order valence-corrected chi connectivity index (χ3v) is 3.75. The summed E-state index contributed by atoms with van der Waals surface area (Å²) in [7, 11) is 0. The van der Waals surface area contributed by atoms with Gasteiger partial charge in [0.2, 0.25) is 0 Å². The Morgan fingerprint density at radius 1 is 0.615 bits per heavy atom. The van der Waals surface area contributed by atoms with E-state index in [4.69, 9.17) is 10.2 Å². The first-order chi connectivity index (χ1) is 12.6. The van der Waals surface area contributed by atoms with Gasteiger partial charge in [-0.15, -0.1) is 0 Å². The lowest BCUT2D eigenvalue weighted by atomic mass is 10.1. The Hall–Kier alpha value is -3.80. The largest absolute Gasteiger partial charge is 0.476 e. The zero-order valence-corrected chi connectivity index (χ0v) is 13.5. The fourth-order valence-electron chi connectivity index (χ4n) is 2.58. The maximum absolute atomic E-state index is 10.8. The number of aromatic nitrogens is 2. The molecule has 2 aromatic heterocycles. The maximum atomic E-state index is 10.8. The fraction of sp³-hybridized carbons (Fsp3) is 0. The van der Waals surface area contributed by atoms with Gasteiger partial charge in [-0.3, -0.25) is 0 Å². The third kappa shape index (κ3) is 3.49. The molecule has 0 fully saturated rings. The number of hydrogen-bond acceptors (Lipinski definition) is 4. The maximum Gasteiger partial charge on any atom is 0.355 e. The lowest BCUT2D eigenvalue weighted by Crippen LogP contribution is -2.00. The summed E-state index contributed by atoms with van der Waals surface area (Å²) in [5, 5.41) is 20.8. The summed E-state index contributed by atoms with van der Waals surface area (Å²) in [6.45, 7) is 0. The molecule has 26 heavy (non-hydrogen) atoms. The summed E-state index contributed by atoms with van der Waals surface area (Å²) in [4.78, 5) is 29.1. The van der Waals surface area contributed by atoms with Crippen molar-refractivity contribution in [2.24, 2.45) is 0 Å². The Balaban J connectivity index is 0.000000151. The van der Waals surface area contributed by atoms with Gasteiger partial charge in [0.15, 0.2) is 11.4 Å². The molecule has 2 heterocycles. The lowest BCUT2D eigenvalue weighted by Gasteiger charge is -1.99. The van der Waals surface area contributed by atoms with Crippen LogP contribution in [-0.2, 0) is 0 Å². The van der Waals surface area contributed by atoms with Crippen LogP contribution >= 0.6 is 0 Å². The standard InChI is InChI=1S/2C10H7NO2/c2*12-10(13)9-8-4-2-1-3-7(8)5-6-11-9/h2*1-6H,(H,12,13). The molecular weight excluding hydrogens is 332 g/mol. The number of carbonyl (C=O) groups is 2. The van der Waals surface area contributed by atoms with Crippen LogP contribution in [0.2, 0.25) is 0 Å². The van der Waals surface area contributed by atoms with Crippen LogP contribution in [0.1, 0.15) is 21.0 Å². The molecule has 0 saturated heterocycles. The highest BCUT2D eigenvalue weighted by atomic mass is 16.4. The SMILES string of the molecule is O=C(O)c1nccc2ccccc12.O=C(O)c1nccc2ccccc12. The van der Waals surface area contributed by atoms with Crippen molar-refractivity contribution in [1.29, 1.82) is 0 Å². The second-order valence-electron chi connectivity index (χ2n) is 5.37. The van der Waals surface area contributed by atoms with Crippen LogP contribution < -0.4 is 0 Å². The van der Waals surface area contributed by atoms with Gasteiger partial charge in [0, 0.05) is 23.2 Å². The Kier molecular flexibility index (Phi) is 4.85. The number of carboxylic acid groups (broad SMARTS) is 2. The van der Waals surface area contributed by atoms with Gasteiger partial charge < -0.3 is 10.2 Å². The predicted octanol–water partition coefficient (Wildman–Crippen LogP) is 3.87. The Morgan fingerprint density at radius 2 is 1.00 bits per heavy atom. The van der Waals surface area contributed by atoms with E-state index in [1.165, 1.54) is 12.4 Å². The molecule has 0 saturated carbocycles. The molecule has 0 aliphatic heterocycles. The summed E-state index contributed by atoms with van der Waals surface area (Å²) in [5.41, 5.74) is 0.219. The average molecular weight is 346 g/mol. The number of aromatic carboxylic acids is 2. The van der Waals surface area contributed by atoms with Crippen molar-refractivity contribution in [3.63, 3.8) is 0 Å². The van der Waals surface area contributed by atoms with Gasteiger partial charge in [-0.25, -0.2) is 19.6 Å². The number of benzene rings is 2. The topological polar surface area (TPSA) is 100 Å². The van der Waals surface area contributed by atoms with E-state index in [0.29, 0.717) is 10.8 Å². The zero-order chi connectivity index (χ0) is 18.5. The normalized spacial score (nSPS) is 10.2. The van der Waals surface area contributed by atoms with E-state index in [1.54, 1.807) is 36.4 Å². The minimum absolute atomic E-state index is 0.109. The molecule has 0 bridgehead atoms. The molecule has 0 aliphatic rings. The van der Waals surface area contributed by atoms with E-state index in [-0.39, 0.29) is 11.4 Å². The lowest BCUT2D eigenvalue weighted by molar-refractivity contribution is 0.0682. The average Bonchev–Trinajstić information content (AvgIpc) is 2.67. The van der Waals surface area contributed by atoms with Gasteiger partial charge in [-0.05, 0) is 22.9 Å². The fourth-order valence-corrected chi connectivity index (χ4v) is 2.58. The van der Waals surface area contributed by atoms with E-state index in [9.17, 15) is 9.59 Å². The first kappa shape index (κ1) is 17.0. The smallest absolute Gasteiger partial charge is 0.355 e. The molecular formula is C20H14N2O4. The number of pyridine rings is 2. The van der Waals surface area contributed by atoms with Crippen LogP contribution in [0.3, 0.4) is 0 Å². The minimum atomic E-state index is -0.989. The van der Waals surface area contributed by atoms with Crippen LogP contribution in [0, 0.1) is 0 Å². The van der Waals surface area contributed by atoms with E-state index in [1.807, 2.05) is 24.3 Å². The highest BCUT2D eigenvalue weighted by molar-refractivity contribution is 6.02. The van der Waals surface area contributed by atoms with E-state index >= 15 is 0 Å². The Morgan fingerprint density at radius 3 is 1.38 bits per heavy atom. The number of carboxylic acids is 2. The van der Waals surface area contributed by atoms with Crippen molar-refractivity contribution in [2.45, 2.75) is 0 Å². The highest BCUT2D eigenvalue weighted by Crippen LogP contribution is 2.16. The molecule has 6 nitrogen and oxygen atoms in total. The van der Waals surface area contributed by atoms with Crippen LogP contribution in [-0.4, -0.2) is 32.1 Å². The van der Waals surface area contributed by atoms with Gasteiger partial charge in [-0.1, -0.05) is 48.5 Å². The Labute approximate surface area is 148 Å². The van der Waals surface area contributed by atoms with Crippen LogP contribution in [0.5, 0.6) is 0 Å². The monoisotopic (exact) mass is 346 g/mol. The molecule has 6 heteroatoms. The van der Waals surface area contributed by atoms with Gasteiger partial charge in [0.05, 0.1) is 0 Å². The van der Waals surface area contributed by atoms with Crippen molar-refractivity contribution >= 4 is 33.5 Å². The van der Waals surface area contributed by atoms with Gasteiger partial charge >= 0.3 is 11.9 Å².